The molecule has 0 radical (unpaired) electrons. The third kappa shape index (κ3) is 4.00. The van der Waals surface area contributed by atoms with Crippen LogP contribution in [0.4, 0.5) is 10.2 Å². The summed E-state index contributed by atoms with van der Waals surface area (Å²) in [5, 5.41) is 12.7. The van der Waals surface area contributed by atoms with Gasteiger partial charge in [0.15, 0.2) is 16.6 Å². The molecule has 0 unspecified atom stereocenters. The van der Waals surface area contributed by atoms with Crippen molar-refractivity contribution in [2.24, 2.45) is 0 Å². The first kappa shape index (κ1) is 18.3. The Morgan fingerprint density at radius 1 is 1.38 bits per heavy atom. The van der Waals surface area contributed by atoms with Crippen LogP contribution in [-0.4, -0.2) is 37.7 Å². The number of nitrogens with zero attached hydrogens (tertiary/aromatic N) is 3. The first-order valence-electron chi connectivity index (χ1n) is 7.99. The first-order chi connectivity index (χ1) is 12.5. The average Bonchev–Trinajstić information content (AvgIpc) is 2.62. The highest BCUT2D eigenvalue weighted by Crippen LogP contribution is 2.26. The molecule has 0 aliphatic carbocycles. The van der Waals surface area contributed by atoms with E-state index in [9.17, 15) is 14.3 Å². The third-order valence-corrected chi connectivity index (χ3v) is 4.60. The van der Waals surface area contributed by atoms with E-state index in [4.69, 9.17) is 0 Å². The molecule has 9 heteroatoms. The highest BCUT2D eigenvalue weighted by Gasteiger charge is 2.13. The minimum absolute atomic E-state index is 0.0914. The van der Waals surface area contributed by atoms with Crippen LogP contribution in [0.25, 0.3) is 11.2 Å². The summed E-state index contributed by atoms with van der Waals surface area (Å²) in [7, 11) is 0. The fraction of sp³-hybridized carbons (Fsp3) is 0.294. The number of thioether (sulfide) groups is 1. The standard InChI is InChI=1S/C17H18FN5O2S/c1-9-4-3-5-11(13(9)18)8-26-17-22-15(20-10(2)7-24)14-16(23-17)21-12(25)6-19-14/h3-6,10,24H,7-8H2,1-2H3,(H2,20,21,22,23,25)/t10-/m1/s1. The summed E-state index contributed by atoms with van der Waals surface area (Å²) >= 11 is 1.25. The van der Waals surface area contributed by atoms with Crippen LogP contribution < -0.4 is 10.9 Å². The average molecular weight is 375 g/mol. The molecular formula is C17H18FN5O2S. The van der Waals surface area contributed by atoms with Crippen molar-refractivity contribution in [1.29, 1.82) is 0 Å². The molecule has 0 amide bonds. The topological polar surface area (TPSA) is 104 Å². The number of H-pyrrole nitrogens is 1. The van der Waals surface area contributed by atoms with Gasteiger partial charge in [0, 0.05) is 11.8 Å². The molecule has 0 aliphatic heterocycles. The fourth-order valence-corrected chi connectivity index (χ4v) is 3.14. The molecule has 3 rings (SSSR count). The van der Waals surface area contributed by atoms with Gasteiger partial charge >= 0.3 is 0 Å². The lowest BCUT2D eigenvalue weighted by Crippen LogP contribution is -2.21. The molecule has 3 N–H and O–H groups in total. The molecule has 26 heavy (non-hydrogen) atoms. The van der Waals surface area contributed by atoms with Crippen molar-refractivity contribution in [1.82, 2.24) is 19.9 Å². The predicted octanol–water partition coefficient (Wildman–Crippen LogP) is 2.25. The van der Waals surface area contributed by atoms with Gasteiger partial charge < -0.3 is 15.4 Å². The third-order valence-electron chi connectivity index (χ3n) is 3.70. The molecule has 0 spiro atoms. The highest BCUT2D eigenvalue weighted by molar-refractivity contribution is 7.98. The predicted molar refractivity (Wildman–Crippen MR) is 98.8 cm³/mol. The molecule has 3 aromatic rings. The Labute approximate surface area is 153 Å². The van der Waals surface area contributed by atoms with E-state index in [0.29, 0.717) is 33.4 Å². The Hall–Kier alpha value is -2.52. The van der Waals surface area contributed by atoms with Gasteiger partial charge in [-0.2, -0.15) is 0 Å². The second-order valence-corrected chi connectivity index (χ2v) is 6.81. The van der Waals surface area contributed by atoms with Crippen LogP contribution in [0.3, 0.4) is 0 Å². The van der Waals surface area contributed by atoms with Gasteiger partial charge in [-0.25, -0.2) is 19.3 Å². The van der Waals surface area contributed by atoms with Gasteiger partial charge in [0.1, 0.15) is 11.3 Å². The van der Waals surface area contributed by atoms with Gasteiger partial charge in [-0.15, -0.1) is 0 Å². The zero-order valence-corrected chi connectivity index (χ0v) is 15.1. The minimum Gasteiger partial charge on any atom is -0.394 e. The monoisotopic (exact) mass is 375 g/mol. The van der Waals surface area contributed by atoms with Gasteiger partial charge in [-0.3, -0.25) is 4.79 Å². The summed E-state index contributed by atoms with van der Waals surface area (Å²) in [5.41, 5.74) is 1.44. The van der Waals surface area contributed by atoms with Crippen molar-refractivity contribution in [3.8, 4) is 0 Å². The number of aromatic nitrogens is 4. The molecule has 0 fully saturated rings. The van der Waals surface area contributed by atoms with E-state index in [1.807, 2.05) is 0 Å². The number of nitrogens with one attached hydrogen (secondary N) is 2. The van der Waals surface area contributed by atoms with Crippen LogP contribution >= 0.6 is 11.8 Å². The number of aliphatic hydroxyl groups excluding tert-OH is 1. The van der Waals surface area contributed by atoms with Gasteiger partial charge in [-0.1, -0.05) is 30.0 Å². The number of hydrogen-bond acceptors (Lipinski definition) is 7. The van der Waals surface area contributed by atoms with Crippen molar-refractivity contribution in [2.75, 3.05) is 11.9 Å². The van der Waals surface area contributed by atoms with Crippen LogP contribution in [0.2, 0.25) is 0 Å². The van der Waals surface area contributed by atoms with Gasteiger partial charge in [0.05, 0.1) is 12.8 Å². The maximum absolute atomic E-state index is 14.2. The maximum Gasteiger partial charge on any atom is 0.268 e. The molecule has 136 valence electrons. The van der Waals surface area contributed by atoms with Crippen molar-refractivity contribution >= 4 is 28.7 Å². The first-order valence-corrected chi connectivity index (χ1v) is 8.97. The van der Waals surface area contributed by atoms with Crippen LogP contribution in [0.5, 0.6) is 0 Å². The van der Waals surface area contributed by atoms with E-state index < -0.39 is 0 Å². The molecular weight excluding hydrogens is 357 g/mol. The lowest BCUT2D eigenvalue weighted by Gasteiger charge is -2.13. The SMILES string of the molecule is Cc1cccc(CSc2nc(N[C@H](C)CO)c3ncc(=O)[nH]c3n2)c1F. The van der Waals surface area contributed by atoms with E-state index in [1.165, 1.54) is 11.8 Å². The zero-order chi connectivity index (χ0) is 18.7. The number of fused-ring (bicyclic) bond motifs is 1. The number of rotatable bonds is 6. The Balaban J connectivity index is 1.94. The van der Waals surface area contributed by atoms with Gasteiger partial charge in [0.25, 0.3) is 5.56 Å². The highest BCUT2D eigenvalue weighted by atomic mass is 32.2. The van der Waals surface area contributed by atoms with Crippen LogP contribution in [0, 0.1) is 12.7 Å². The number of benzene rings is 1. The van der Waals surface area contributed by atoms with Crippen LogP contribution in [0.1, 0.15) is 18.1 Å². The molecule has 0 aliphatic rings. The molecule has 1 atom stereocenters. The molecule has 0 bridgehead atoms. The zero-order valence-electron chi connectivity index (χ0n) is 14.3. The number of aliphatic hydroxyl groups is 1. The van der Waals surface area contributed by atoms with Crippen molar-refractivity contribution in [2.45, 2.75) is 30.8 Å². The Kier molecular flexibility index (Phi) is 5.48. The molecule has 7 nitrogen and oxygen atoms in total. The van der Waals surface area contributed by atoms with E-state index in [2.05, 4.69) is 25.3 Å². The van der Waals surface area contributed by atoms with E-state index >= 15 is 0 Å². The quantitative estimate of drug-likeness (QED) is 0.448. The normalized spacial score (nSPS) is 12.3. The van der Waals surface area contributed by atoms with Crippen LogP contribution in [0.15, 0.2) is 34.3 Å². The molecule has 0 saturated carbocycles. The summed E-state index contributed by atoms with van der Waals surface area (Å²) in [5.74, 6) is 0.501. The number of halogens is 1. The number of aromatic amines is 1. The number of hydrogen-bond donors (Lipinski definition) is 3. The summed E-state index contributed by atoms with van der Waals surface area (Å²) < 4.78 is 14.2. The second kappa shape index (κ2) is 7.79. The Morgan fingerprint density at radius 3 is 2.96 bits per heavy atom. The van der Waals surface area contributed by atoms with Crippen LogP contribution in [-0.2, 0) is 5.75 Å². The largest absolute Gasteiger partial charge is 0.394 e. The summed E-state index contributed by atoms with van der Waals surface area (Å²) in [6.07, 6.45) is 1.15. The fourth-order valence-electron chi connectivity index (χ4n) is 2.32. The lowest BCUT2D eigenvalue weighted by molar-refractivity contribution is 0.281. The summed E-state index contributed by atoms with van der Waals surface area (Å²) in [6, 6.07) is 4.97. The van der Waals surface area contributed by atoms with E-state index in [-0.39, 0.29) is 29.7 Å². The van der Waals surface area contributed by atoms with Crippen molar-refractivity contribution in [3.05, 3.63) is 51.7 Å². The summed E-state index contributed by atoms with van der Waals surface area (Å²) in [6.45, 7) is 3.41. The van der Waals surface area contributed by atoms with Gasteiger partial charge in [-0.05, 0) is 25.0 Å². The minimum atomic E-state index is -0.377. The molecule has 2 aromatic heterocycles. The lowest BCUT2D eigenvalue weighted by atomic mass is 10.1. The second-order valence-electron chi connectivity index (χ2n) is 5.86. The van der Waals surface area contributed by atoms with Crippen molar-refractivity contribution in [3.63, 3.8) is 0 Å². The Morgan fingerprint density at radius 2 is 2.19 bits per heavy atom. The number of anilines is 1. The number of aryl methyl sites for hydroxylation is 1. The molecule has 1 aromatic carbocycles. The smallest absolute Gasteiger partial charge is 0.268 e. The van der Waals surface area contributed by atoms with Gasteiger partial charge in [0.2, 0.25) is 0 Å². The maximum atomic E-state index is 14.2. The van der Waals surface area contributed by atoms with E-state index in [1.54, 1.807) is 32.0 Å². The van der Waals surface area contributed by atoms with Crippen molar-refractivity contribution < 1.29 is 9.50 Å². The molecule has 2 heterocycles. The molecule has 0 saturated heterocycles. The Bertz CT molecular complexity index is 995. The summed E-state index contributed by atoms with van der Waals surface area (Å²) in [4.78, 5) is 27.0. The van der Waals surface area contributed by atoms with E-state index in [0.717, 1.165) is 6.20 Å².